The lowest BCUT2D eigenvalue weighted by Gasteiger charge is -2.21. The summed E-state index contributed by atoms with van der Waals surface area (Å²) in [4.78, 5) is 12.4. The van der Waals surface area contributed by atoms with Gasteiger partial charge < -0.3 is 10.4 Å². The number of hydrogen-bond donors (Lipinski definition) is 2. The highest BCUT2D eigenvalue weighted by atomic mass is 19.1. The molecule has 0 radical (unpaired) electrons. The van der Waals surface area contributed by atoms with E-state index in [-0.39, 0.29) is 23.6 Å². The van der Waals surface area contributed by atoms with Gasteiger partial charge in [-0.2, -0.15) is 0 Å². The van der Waals surface area contributed by atoms with E-state index in [4.69, 9.17) is 0 Å². The molecule has 0 heterocycles. The molecule has 3 nitrogen and oxygen atoms in total. The highest BCUT2D eigenvalue weighted by Gasteiger charge is 2.19. The summed E-state index contributed by atoms with van der Waals surface area (Å²) in [5.41, 5.74) is 1.64. The molecule has 0 fully saturated rings. The van der Waals surface area contributed by atoms with Crippen LogP contribution in [-0.2, 0) is 11.2 Å². The van der Waals surface area contributed by atoms with E-state index in [2.05, 4.69) is 5.32 Å². The van der Waals surface area contributed by atoms with Crippen LogP contribution < -0.4 is 5.32 Å². The lowest BCUT2D eigenvalue weighted by atomic mass is 9.93. The minimum Gasteiger partial charge on any atom is -0.393 e. The summed E-state index contributed by atoms with van der Waals surface area (Å²) >= 11 is 0. The van der Waals surface area contributed by atoms with Crippen LogP contribution in [0.3, 0.4) is 0 Å². The summed E-state index contributed by atoms with van der Waals surface area (Å²) in [6.45, 7) is 4.00. The molecule has 0 aliphatic rings. The molecule has 4 heteroatoms. The minimum absolute atomic E-state index is 0.0470. The topological polar surface area (TPSA) is 49.3 Å². The van der Waals surface area contributed by atoms with Gasteiger partial charge in [0.25, 0.3) is 0 Å². The summed E-state index contributed by atoms with van der Waals surface area (Å²) in [6.07, 6.45) is 0.495. The van der Waals surface area contributed by atoms with Crippen LogP contribution >= 0.6 is 0 Å². The van der Waals surface area contributed by atoms with Crippen molar-refractivity contribution in [2.24, 2.45) is 5.92 Å². The number of aliphatic hydroxyl groups excluding tert-OH is 1. The van der Waals surface area contributed by atoms with Gasteiger partial charge in [0.1, 0.15) is 5.82 Å². The van der Waals surface area contributed by atoms with Crippen molar-refractivity contribution < 1.29 is 14.3 Å². The van der Waals surface area contributed by atoms with E-state index in [1.54, 1.807) is 32.0 Å². The van der Waals surface area contributed by atoms with Crippen LogP contribution in [0.2, 0.25) is 0 Å². The quantitative estimate of drug-likeness (QED) is 0.768. The molecule has 0 aliphatic carbocycles. The smallest absolute Gasteiger partial charge is 0.223 e. The molecule has 0 aliphatic heterocycles. The van der Waals surface area contributed by atoms with Crippen molar-refractivity contribution in [1.82, 2.24) is 5.32 Å². The molecule has 1 amide bonds. The van der Waals surface area contributed by atoms with Crippen molar-refractivity contribution in [3.8, 4) is 0 Å². The third-order valence-corrected chi connectivity index (χ3v) is 4.35. The number of carbonyl (C=O) groups excluding carboxylic acids is 1. The zero-order valence-corrected chi connectivity index (χ0v) is 14.8. The molecule has 0 bridgehead atoms. The molecule has 0 spiro atoms. The fraction of sp³-hybridized carbons (Fsp3) is 0.381. The zero-order chi connectivity index (χ0) is 18.2. The third kappa shape index (κ3) is 5.98. The van der Waals surface area contributed by atoms with Gasteiger partial charge in [-0.05, 0) is 37.0 Å². The maximum absolute atomic E-state index is 13.7. The van der Waals surface area contributed by atoms with Crippen molar-refractivity contribution in [2.75, 3.05) is 6.54 Å². The van der Waals surface area contributed by atoms with Crippen molar-refractivity contribution in [3.05, 3.63) is 71.5 Å². The highest BCUT2D eigenvalue weighted by Crippen LogP contribution is 2.21. The van der Waals surface area contributed by atoms with E-state index in [1.165, 1.54) is 6.07 Å². The van der Waals surface area contributed by atoms with E-state index in [9.17, 15) is 14.3 Å². The molecule has 134 valence electrons. The van der Waals surface area contributed by atoms with Gasteiger partial charge in [0.15, 0.2) is 0 Å². The highest BCUT2D eigenvalue weighted by molar-refractivity contribution is 5.78. The molecule has 3 unspecified atom stereocenters. The molecular weight excluding hydrogens is 317 g/mol. The van der Waals surface area contributed by atoms with E-state index in [0.717, 1.165) is 5.56 Å². The third-order valence-electron chi connectivity index (χ3n) is 4.35. The lowest BCUT2D eigenvalue weighted by molar-refractivity contribution is -0.124. The van der Waals surface area contributed by atoms with Crippen molar-refractivity contribution >= 4 is 5.91 Å². The van der Waals surface area contributed by atoms with Crippen LogP contribution in [0.15, 0.2) is 54.6 Å². The summed E-state index contributed by atoms with van der Waals surface area (Å²) < 4.78 is 13.7. The average molecular weight is 343 g/mol. The zero-order valence-electron chi connectivity index (χ0n) is 14.8. The molecule has 3 atom stereocenters. The average Bonchev–Trinajstić information content (AvgIpc) is 2.60. The Kier molecular flexibility index (Phi) is 7.14. The second kappa shape index (κ2) is 9.33. The van der Waals surface area contributed by atoms with E-state index >= 15 is 0 Å². The Hall–Kier alpha value is -2.20. The second-order valence-corrected chi connectivity index (χ2v) is 6.63. The minimum atomic E-state index is -0.446. The maximum atomic E-state index is 13.7. The Balaban J connectivity index is 1.95. The maximum Gasteiger partial charge on any atom is 0.223 e. The van der Waals surface area contributed by atoms with E-state index in [0.29, 0.717) is 24.9 Å². The standard InChI is InChI=1S/C21H26FNO2/c1-15(12-18-10-6-7-11-20(18)22)21(25)23-14-19(13-16(2)24)17-8-4-3-5-9-17/h3-11,15-16,19,24H,12-14H2,1-2H3,(H,23,25). The van der Waals surface area contributed by atoms with Gasteiger partial charge in [-0.15, -0.1) is 0 Å². The number of hydrogen-bond acceptors (Lipinski definition) is 2. The van der Waals surface area contributed by atoms with Crippen LogP contribution in [0.5, 0.6) is 0 Å². The summed E-state index contributed by atoms with van der Waals surface area (Å²) in [5, 5.41) is 12.7. The SMILES string of the molecule is CC(O)CC(CNC(=O)C(C)Cc1ccccc1F)c1ccccc1. The Morgan fingerprint density at radius 2 is 1.72 bits per heavy atom. The first-order valence-electron chi connectivity index (χ1n) is 8.71. The Morgan fingerprint density at radius 3 is 2.36 bits per heavy atom. The van der Waals surface area contributed by atoms with Crippen LogP contribution in [0, 0.1) is 11.7 Å². The van der Waals surface area contributed by atoms with Crippen molar-refractivity contribution in [1.29, 1.82) is 0 Å². The first-order valence-corrected chi connectivity index (χ1v) is 8.71. The molecule has 2 aromatic carbocycles. The summed E-state index contributed by atoms with van der Waals surface area (Å²) in [6, 6.07) is 16.4. The van der Waals surface area contributed by atoms with Crippen molar-refractivity contribution in [3.63, 3.8) is 0 Å². The fourth-order valence-electron chi connectivity index (χ4n) is 2.96. The molecule has 2 rings (SSSR count). The molecular formula is C21H26FNO2. The van der Waals surface area contributed by atoms with Gasteiger partial charge in [-0.3, -0.25) is 4.79 Å². The predicted molar refractivity (Wildman–Crippen MR) is 97.8 cm³/mol. The van der Waals surface area contributed by atoms with E-state index < -0.39 is 6.10 Å². The number of rotatable bonds is 8. The molecule has 0 saturated carbocycles. The van der Waals surface area contributed by atoms with Gasteiger partial charge in [-0.25, -0.2) is 4.39 Å². The summed E-state index contributed by atoms with van der Waals surface area (Å²) in [7, 11) is 0. The number of benzene rings is 2. The summed E-state index contributed by atoms with van der Waals surface area (Å²) in [5.74, 6) is -0.654. The number of amides is 1. The molecule has 0 saturated heterocycles. The van der Waals surface area contributed by atoms with Gasteiger partial charge in [-0.1, -0.05) is 55.5 Å². The number of halogens is 1. The Labute approximate surface area is 148 Å². The second-order valence-electron chi connectivity index (χ2n) is 6.63. The predicted octanol–water partition coefficient (Wildman–Crippen LogP) is 3.68. The lowest BCUT2D eigenvalue weighted by Crippen LogP contribution is -2.34. The van der Waals surface area contributed by atoms with Crippen LogP contribution in [-0.4, -0.2) is 23.7 Å². The van der Waals surface area contributed by atoms with Gasteiger partial charge in [0.05, 0.1) is 6.10 Å². The van der Waals surface area contributed by atoms with Gasteiger partial charge >= 0.3 is 0 Å². The molecule has 25 heavy (non-hydrogen) atoms. The monoisotopic (exact) mass is 343 g/mol. The number of aliphatic hydroxyl groups is 1. The van der Waals surface area contributed by atoms with Crippen LogP contribution in [0.4, 0.5) is 4.39 Å². The Morgan fingerprint density at radius 1 is 1.08 bits per heavy atom. The largest absolute Gasteiger partial charge is 0.393 e. The van der Waals surface area contributed by atoms with E-state index in [1.807, 2.05) is 30.3 Å². The van der Waals surface area contributed by atoms with Crippen LogP contribution in [0.25, 0.3) is 0 Å². The fourth-order valence-corrected chi connectivity index (χ4v) is 2.96. The molecule has 2 aromatic rings. The number of nitrogens with one attached hydrogen (secondary N) is 1. The molecule has 0 aromatic heterocycles. The normalized spacial score (nSPS) is 14.6. The van der Waals surface area contributed by atoms with Crippen molar-refractivity contribution in [2.45, 2.75) is 38.7 Å². The van der Waals surface area contributed by atoms with Gasteiger partial charge in [0, 0.05) is 18.4 Å². The van der Waals surface area contributed by atoms with Gasteiger partial charge in [0.2, 0.25) is 5.91 Å². The molecule has 2 N–H and O–H groups in total. The van der Waals surface area contributed by atoms with Crippen LogP contribution in [0.1, 0.15) is 37.3 Å². The Bertz CT molecular complexity index is 673. The first kappa shape index (κ1) is 19.1. The first-order chi connectivity index (χ1) is 12.0. The number of carbonyl (C=O) groups is 1.